The molecule has 0 radical (unpaired) electrons. The first kappa shape index (κ1) is 14.6. The van der Waals surface area contributed by atoms with Crippen molar-refractivity contribution < 1.29 is 0 Å². The summed E-state index contributed by atoms with van der Waals surface area (Å²) in [6.07, 6.45) is 6.61. The fourth-order valence-corrected chi connectivity index (χ4v) is 3.02. The molecule has 1 unspecified atom stereocenters. The van der Waals surface area contributed by atoms with E-state index < -0.39 is 0 Å². The molecule has 1 aliphatic rings. The number of nitrogens with two attached hydrogens (primary N) is 1. The van der Waals surface area contributed by atoms with Gasteiger partial charge in [0.15, 0.2) is 5.82 Å². The molecule has 2 heterocycles. The molecule has 0 amide bonds. The summed E-state index contributed by atoms with van der Waals surface area (Å²) in [6.45, 7) is 0. The summed E-state index contributed by atoms with van der Waals surface area (Å²) in [6, 6.07) is 11.8. The third-order valence-corrected chi connectivity index (χ3v) is 4.19. The Balaban J connectivity index is 1.63. The Morgan fingerprint density at radius 2 is 1.92 bits per heavy atom. The maximum absolute atomic E-state index is 5.73. The van der Waals surface area contributed by atoms with Gasteiger partial charge in [0.25, 0.3) is 0 Å². The number of rotatable bonds is 3. The summed E-state index contributed by atoms with van der Waals surface area (Å²) in [4.78, 5) is 17.8. The smallest absolute Gasteiger partial charge is 0.225 e. The van der Waals surface area contributed by atoms with Gasteiger partial charge < -0.3 is 11.1 Å². The summed E-state index contributed by atoms with van der Waals surface area (Å²) in [5, 5.41) is 3.35. The largest absolute Gasteiger partial charge is 0.384 e. The zero-order valence-electron chi connectivity index (χ0n) is 13.2. The van der Waals surface area contributed by atoms with Crippen molar-refractivity contribution in [3.05, 3.63) is 60.0 Å². The quantitative estimate of drug-likeness (QED) is 0.771. The van der Waals surface area contributed by atoms with Crippen LogP contribution >= 0.6 is 0 Å². The predicted octanol–water partition coefficient (Wildman–Crippen LogP) is 3.01. The van der Waals surface area contributed by atoms with Gasteiger partial charge in [-0.25, -0.2) is 15.0 Å². The summed E-state index contributed by atoms with van der Waals surface area (Å²) in [7, 11) is 0. The third-order valence-electron chi connectivity index (χ3n) is 4.19. The third kappa shape index (κ3) is 2.90. The molecule has 0 aliphatic heterocycles. The van der Waals surface area contributed by atoms with Crippen LogP contribution < -0.4 is 11.1 Å². The fraction of sp³-hybridized carbons (Fsp3) is 0.222. The Hall–Kier alpha value is -3.02. The van der Waals surface area contributed by atoms with Crippen LogP contribution in [0.4, 0.5) is 11.8 Å². The SMILES string of the molecule is Nc1ccnc(NC2CCCc3nc(-c4ccccc4)ncc32)n1. The van der Waals surface area contributed by atoms with E-state index in [2.05, 4.69) is 20.3 Å². The first-order valence-corrected chi connectivity index (χ1v) is 8.06. The maximum atomic E-state index is 5.73. The minimum absolute atomic E-state index is 0.111. The number of hydrogen-bond acceptors (Lipinski definition) is 6. The summed E-state index contributed by atoms with van der Waals surface area (Å²) < 4.78 is 0. The van der Waals surface area contributed by atoms with E-state index in [1.54, 1.807) is 12.3 Å². The molecule has 24 heavy (non-hydrogen) atoms. The van der Waals surface area contributed by atoms with Gasteiger partial charge in [-0.3, -0.25) is 0 Å². The lowest BCUT2D eigenvalue weighted by Crippen LogP contribution is -2.20. The van der Waals surface area contributed by atoms with E-state index in [1.165, 1.54) is 0 Å². The van der Waals surface area contributed by atoms with Crippen LogP contribution in [-0.4, -0.2) is 19.9 Å². The second-order valence-electron chi connectivity index (χ2n) is 5.86. The lowest BCUT2D eigenvalue weighted by atomic mass is 9.92. The number of anilines is 2. The average molecular weight is 318 g/mol. The van der Waals surface area contributed by atoms with Crippen molar-refractivity contribution in [3.63, 3.8) is 0 Å². The van der Waals surface area contributed by atoms with Crippen molar-refractivity contribution in [2.24, 2.45) is 0 Å². The summed E-state index contributed by atoms with van der Waals surface area (Å²) in [5.41, 5.74) is 8.97. The average Bonchev–Trinajstić information content (AvgIpc) is 2.62. The number of fused-ring (bicyclic) bond motifs is 1. The highest BCUT2D eigenvalue weighted by molar-refractivity contribution is 5.55. The van der Waals surface area contributed by atoms with Gasteiger partial charge in [0.1, 0.15) is 5.82 Å². The van der Waals surface area contributed by atoms with Gasteiger partial charge >= 0.3 is 0 Å². The van der Waals surface area contributed by atoms with E-state index in [0.29, 0.717) is 11.8 Å². The number of nitrogen functional groups attached to an aromatic ring is 1. The molecule has 2 aromatic heterocycles. The Labute approximate surface area is 140 Å². The van der Waals surface area contributed by atoms with Crippen LogP contribution in [0, 0.1) is 0 Å². The Morgan fingerprint density at radius 3 is 2.75 bits per heavy atom. The van der Waals surface area contributed by atoms with E-state index in [9.17, 15) is 0 Å². The normalized spacial score (nSPS) is 16.4. The molecule has 3 aromatic rings. The van der Waals surface area contributed by atoms with E-state index in [4.69, 9.17) is 10.7 Å². The molecule has 6 nitrogen and oxygen atoms in total. The highest BCUT2D eigenvalue weighted by Crippen LogP contribution is 2.31. The minimum atomic E-state index is 0.111. The summed E-state index contributed by atoms with van der Waals surface area (Å²) >= 11 is 0. The molecule has 4 rings (SSSR count). The first-order valence-electron chi connectivity index (χ1n) is 8.06. The van der Waals surface area contributed by atoms with Crippen LogP contribution in [0.15, 0.2) is 48.8 Å². The lowest BCUT2D eigenvalue weighted by Gasteiger charge is -2.25. The van der Waals surface area contributed by atoms with Gasteiger partial charge in [-0.05, 0) is 25.3 Å². The second-order valence-corrected chi connectivity index (χ2v) is 5.86. The number of benzene rings is 1. The molecular weight excluding hydrogens is 300 g/mol. The van der Waals surface area contributed by atoms with Crippen LogP contribution in [0.25, 0.3) is 11.4 Å². The van der Waals surface area contributed by atoms with Crippen molar-refractivity contribution in [2.45, 2.75) is 25.3 Å². The second kappa shape index (κ2) is 6.23. The minimum Gasteiger partial charge on any atom is -0.384 e. The lowest BCUT2D eigenvalue weighted by molar-refractivity contribution is 0.581. The molecule has 0 bridgehead atoms. The van der Waals surface area contributed by atoms with Crippen molar-refractivity contribution >= 4 is 11.8 Å². The van der Waals surface area contributed by atoms with Gasteiger partial charge in [0, 0.05) is 29.2 Å². The molecule has 0 saturated carbocycles. The van der Waals surface area contributed by atoms with Gasteiger partial charge in [0.05, 0.1) is 6.04 Å². The standard InChI is InChI=1S/C18H18N6/c19-16-9-10-20-18(24-16)23-15-8-4-7-14-13(15)11-21-17(22-14)12-5-2-1-3-6-12/h1-3,5-6,9-11,15H,4,7-8H2,(H3,19,20,23,24). The van der Waals surface area contributed by atoms with E-state index in [0.717, 1.165) is 41.9 Å². The highest BCUT2D eigenvalue weighted by atomic mass is 15.1. The van der Waals surface area contributed by atoms with Crippen molar-refractivity contribution in [3.8, 4) is 11.4 Å². The molecule has 120 valence electrons. The molecule has 3 N–H and O–H groups in total. The number of aryl methyl sites for hydroxylation is 1. The molecule has 0 spiro atoms. The molecule has 0 fully saturated rings. The van der Waals surface area contributed by atoms with Gasteiger partial charge in [-0.15, -0.1) is 0 Å². The van der Waals surface area contributed by atoms with Crippen molar-refractivity contribution in [2.75, 3.05) is 11.1 Å². The van der Waals surface area contributed by atoms with Crippen LogP contribution in [0.1, 0.15) is 30.1 Å². The molecule has 6 heteroatoms. The fourth-order valence-electron chi connectivity index (χ4n) is 3.02. The first-order chi connectivity index (χ1) is 11.8. The number of aromatic nitrogens is 4. The number of nitrogens with zero attached hydrogens (tertiary/aromatic N) is 4. The Morgan fingerprint density at radius 1 is 1.04 bits per heavy atom. The topological polar surface area (TPSA) is 89.6 Å². The molecular formula is C18H18N6. The van der Waals surface area contributed by atoms with E-state index >= 15 is 0 Å². The van der Waals surface area contributed by atoms with Crippen molar-refractivity contribution in [1.82, 2.24) is 19.9 Å². The Bertz CT molecular complexity index is 849. The van der Waals surface area contributed by atoms with Crippen LogP contribution in [-0.2, 0) is 6.42 Å². The predicted molar refractivity (Wildman–Crippen MR) is 93.2 cm³/mol. The van der Waals surface area contributed by atoms with Gasteiger partial charge in [0.2, 0.25) is 5.95 Å². The van der Waals surface area contributed by atoms with Gasteiger partial charge in [-0.2, -0.15) is 4.98 Å². The van der Waals surface area contributed by atoms with Crippen molar-refractivity contribution in [1.29, 1.82) is 0 Å². The van der Waals surface area contributed by atoms with E-state index in [1.807, 2.05) is 36.5 Å². The van der Waals surface area contributed by atoms with Crippen LogP contribution in [0.5, 0.6) is 0 Å². The van der Waals surface area contributed by atoms with Crippen LogP contribution in [0.3, 0.4) is 0 Å². The zero-order chi connectivity index (χ0) is 16.4. The molecule has 1 atom stereocenters. The van der Waals surface area contributed by atoms with Gasteiger partial charge in [-0.1, -0.05) is 30.3 Å². The number of nitrogens with one attached hydrogen (secondary N) is 1. The zero-order valence-corrected chi connectivity index (χ0v) is 13.2. The summed E-state index contributed by atoms with van der Waals surface area (Å²) in [5.74, 6) is 1.77. The molecule has 1 aromatic carbocycles. The van der Waals surface area contributed by atoms with E-state index in [-0.39, 0.29) is 6.04 Å². The monoisotopic (exact) mass is 318 g/mol. The molecule has 0 saturated heterocycles. The number of hydrogen-bond donors (Lipinski definition) is 2. The van der Waals surface area contributed by atoms with Crippen LogP contribution in [0.2, 0.25) is 0 Å². The highest BCUT2D eigenvalue weighted by Gasteiger charge is 2.23. The maximum Gasteiger partial charge on any atom is 0.225 e. The Kier molecular flexibility index (Phi) is 3.78. The molecule has 1 aliphatic carbocycles.